The highest BCUT2D eigenvalue weighted by Crippen LogP contribution is 2.33. The summed E-state index contributed by atoms with van der Waals surface area (Å²) in [5, 5.41) is 0.359. The highest BCUT2D eigenvalue weighted by molar-refractivity contribution is 7.98. The summed E-state index contributed by atoms with van der Waals surface area (Å²) in [5.74, 6) is -0.321. The molecule has 0 N–H and O–H groups in total. The number of carbonyl (C=O) groups excluding carboxylic acids is 2. The fourth-order valence-electron chi connectivity index (χ4n) is 3.31. The van der Waals surface area contributed by atoms with E-state index in [1.54, 1.807) is 54.6 Å². The van der Waals surface area contributed by atoms with Gasteiger partial charge in [-0.3, -0.25) is 9.59 Å². The zero-order chi connectivity index (χ0) is 19.3. The van der Waals surface area contributed by atoms with E-state index in [-0.39, 0.29) is 17.4 Å². The van der Waals surface area contributed by atoms with Crippen LogP contribution in [0.2, 0.25) is 0 Å². The lowest BCUT2D eigenvalue weighted by Crippen LogP contribution is -2.20. The van der Waals surface area contributed by atoms with Crippen LogP contribution in [-0.2, 0) is 5.75 Å². The number of oxazole rings is 1. The Morgan fingerprint density at radius 1 is 0.857 bits per heavy atom. The van der Waals surface area contributed by atoms with Gasteiger partial charge in [-0.25, -0.2) is 9.37 Å². The van der Waals surface area contributed by atoms with Gasteiger partial charge in [0, 0.05) is 28.0 Å². The first-order valence-corrected chi connectivity index (χ1v) is 9.59. The van der Waals surface area contributed by atoms with Crippen molar-refractivity contribution < 1.29 is 18.4 Å². The lowest BCUT2D eigenvalue weighted by Gasteiger charge is -2.16. The SMILES string of the molecule is O=C1c2ccccc2C(=O)c2cc3oc(SCc4ccccc4F)nc3cc21. The van der Waals surface area contributed by atoms with E-state index in [4.69, 9.17) is 4.42 Å². The second kappa shape index (κ2) is 6.42. The Morgan fingerprint density at radius 3 is 2.21 bits per heavy atom. The maximum absolute atomic E-state index is 13.8. The summed E-state index contributed by atoms with van der Waals surface area (Å²) in [4.78, 5) is 30.0. The molecular weight excluding hydrogens is 377 g/mol. The third kappa shape index (κ3) is 2.65. The van der Waals surface area contributed by atoms with Crippen LogP contribution < -0.4 is 0 Å². The summed E-state index contributed by atoms with van der Waals surface area (Å²) >= 11 is 1.26. The average molecular weight is 389 g/mol. The van der Waals surface area contributed by atoms with Crippen LogP contribution in [0.25, 0.3) is 11.1 Å². The van der Waals surface area contributed by atoms with Crippen LogP contribution >= 0.6 is 11.8 Å². The molecule has 1 aromatic heterocycles. The summed E-state index contributed by atoms with van der Waals surface area (Å²) in [7, 11) is 0. The van der Waals surface area contributed by atoms with Gasteiger partial charge in [-0.2, -0.15) is 0 Å². The number of ketones is 2. The Balaban J connectivity index is 1.52. The average Bonchev–Trinajstić information content (AvgIpc) is 3.12. The van der Waals surface area contributed by atoms with Gasteiger partial charge in [-0.15, -0.1) is 0 Å². The monoisotopic (exact) mass is 389 g/mol. The van der Waals surface area contributed by atoms with Crippen LogP contribution in [0.4, 0.5) is 4.39 Å². The fourth-order valence-corrected chi connectivity index (χ4v) is 4.14. The van der Waals surface area contributed by atoms with Crippen molar-refractivity contribution in [2.45, 2.75) is 11.0 Å². The number of hydrogen-bond acceptors (Lipinski definition) is 5. The van der Waals surface area contributed by atoms with Crippen LogP contribution in [-0.4, -0.2) is 16.6 Å². The van der Waals surface area contributed by atoms with E-state index in [2.05, 4.69) is 4.98 Å². The zero-order valence-corrected chi connectivity index (χ0v) is 15.3. The molecule has 4 aromatic rings. The molecule has 6 heteroatoms. The van der Waals surface area contributed by atoms with Gasteiger partial charge >= 0.3 is 0 Å². The zero-order valence-electron chi connectivity index (χ0n) is 14.4. The molecule has 1 aliphatic carbocycles. The lowest BCUT2D eigenvalue weighted by atomic mass is 9.84. The normalized spacial score (nSPS) is 12.9. The van der Waals surface area contributed by atoms with Crippen molar-refractivity contribution in [3.05, 3.63) is 94.3 Å². The summed E-state index contributed by atoms with van der Waals surface area (Å²) in [6.45, 7) is 0. The first-order valence-electron chi connectivity index (χ1n) is 8.61. The lowest BCUT2D eigenvalue weighted by molar-refractivity contribution is 0.0979. The van der Waals surface area contributed by atoms with Crippen molar-refractivity contribution in [1.29, 1.82) is 0 Å². The first kappa shape index (κ1) is 16.9. The number of aromatic nitrogens is 1. The number of hydrogen-bond donors (Lipinski definition) is 0. The van der Waals surface area contributed by atoms with Gasteiger partial charge in [0.15, 0.2) is 17.1 Å². The van der Waals surface area contributed by atoms with Crippen molar-refractivity contribution >= 4 is 34.4 Å². The van der Waals surface area contributed by atoms with E-state index in [1.165, 1.54) is 17.8 Å². The van der Waals surface area contributed by atoms with Crippen molar-refractivity contribution in [2.75, 3.05) is 0 Å². The summed E-state index contributed by atoms with van der Waals surface area (Å²) in [5.41, 5.74) is 2.92. The molecule has 0 aliphatic heterocycles. The maximum atomic E-state index is 13.8. The number of rotatable bonds is 3. The highest BCUT2D eigenvalue weighted by Gasteiger charge is 2.30. The molecule has 3 aromatic carbocycles. The van der Waals surface area contributed by atoms with Gasteiger partial charge in [0.05, 0.1) is 0 Å². The quantitative estimate of drug-likeness (QED) is 0.405. The molecule has 0 amide bonds. The molecule has 4 nitrogen and oxygen atoms in total. The Labute approximate surface area is 163 Å². The molecular formula is C22H12FNO3S. The predicted octanol–water partition coefficient (Wildman–Crippen LogP) is 5.03. The molecule has 0 radical (unpaired) electrons. The molecule has 0 unspecified atom stereocenters. The second-order valence-corrected chi connectivity index (χ2v) is 7.36. The van der Waals surface area contributed by atoms with Gasteiger partial charge in [0.25, 0.3) is 5.22 Å². The van der Waals surface area contributed by atoms with Gasteiger partial charge < -0.3 is 4.42 Å². The molecule has 0 saturated heterocycles. The first-order chi connectivity index (χ1) is 13.6. The van der Waals surface area contributed by atoms with Gasteiger partial charge in [-0.05, 0) is 23.8 Å². The Hall–Kier alpha value is -3.25. The smallest absolute Gasteiger partial charge is 0.257 e. The molecule has 1 heterocycles. The third-order valence-electron chi connectivity index (χ3n) is 4.72. The number of nitrogens with zero attached hydrogens (tertiary/aromatic N) is 1. The van der Waals surface area contributed by atoms with Crippen LogP contribution in [0.5, 0.6) is 0 Å². The molecule has 0 saturated carbocycles. The van der Waals surface area contributed by atoms with Crippen molar-refractivity contribution in [1.82, 2.24) is 4.98 Å². The topological polar surface area (TPSA) is 60.2 Å². The van der Waals surface area contributed by atoms with E-state index in [0.29, 0.717) is 49.9 Å². The van der Waals surface area contributed by atoms with Gasteiger partial charge in [0.2, 0.25) is 0 Å². The number of benzene rings is 3. The van der Waals surface area contributed by atoms with E-state index < -0.39 is 0 Å². The predicted molar refractivity (Wildman–Crippen MR) is 103 cm³/mol. The van der Waals surface area contributed by atoms with Crippen LogP contribution in [0.15, 0.2) is 70.3 Å². The molecule has 0 bridgehead atoms. The fraction of sp³-hybridized carbons (Fsp3) is 0.0455. The summed E-state index contributed by atoms with van der Waals surface area (Å²) in [6, 6.07) is 16.5. The standard InChI is InChI=1S/C22H12FNO3S/c23-17-8-4-1-5-12(17)11-28-22-24-18-9-15-16(10-19(18)27-22)21(26)14-7-3-2-6-13(14)20(15)25/h1-10H,11H2. The van der Waals surface area contributed by atoms with Crippen molar-refractivity contribution in [3.63, 3.8) is 0 Å². The van der Waals surface area contributed by atoms with E-state index in [0.717, 1.165) is 0 Å². The van der Waals surface area contributed by atoms with Gasteiger partial charge in [0.1, 0.15) is 11.3 Å². The minimum absolute atomic E-state index is 0.198. The van der Waals surface area contributed by atoms with Crippen molar-refractivity contribution in [3.8, 4) is 0 Å². The van der Waals surface area contributed by atoms with Crippen molar-refractivity contribution in [2.24, 2.45) is 0 Å². The van der Waals surface area contributed by atoms with E-state index >= 15 is 0 Å². The maximum Gasteiger partial charge on any atom is 0.257 e. The second-order valence-electron chi connectivity index (χ2n) is 6.43. The number of halogens is 1. The van der Waals surface area contributed by atoms with Crippen LogP contribution in [0, 0.1) is 5.82 Å². The molecule has 0 atom stereocenters. The molecule has 0 spiro atoms. The molecule has 0 fully saturated rings. The summed E-state index contributed by atoms with van der Waals surface area (Å²) < 4.78 is 19.5. The number of thioether (sulfide) groups is 1. The largest absolute Gasteiger partial charge is 0.431 e. The van der Waals surface area contributed by atoms with E-state index in [9.17, 15) is 14.0 Å². The minimum atomic E-state index is -0.282. The van der Waals surface area contributed by atoms with Crippen LogP contribution in [0.3, 0.4) is 0 Å². The van der Waals surface area contributed by atoms with E-state index in [1.807, 2.05) is 0 Å². The highest BCUT2D eigenvalue weighted by atomic mass is 32.2. The van der Waals surface area contributed by atoms with Gasteiger partial charge in [-0.1, -0.05) is 54.2 Å². The molecule has 5 rings (SSSR count). The third-order valence-corrected chi connectivity index (χ3v) is 5.60. The Bertz CT molecular complexity index is 1210. The summed E-state index contributed by atoms with van der Waals surface area (Å²) in [6.07, 6.45) is 0. The molecule has 136 valence electrons. The molecule has 28 heavy (non-hydrogen) atoms. The minimum Gasteiger partial charge on any atom is -0.431 e. The number of carbonyl (C=O) groups is 2. The Kier molecular flexibility index (Phi) is 3.87. The number of fused-ring (bicyclic) bond motifs is 3. The van der Waals surface area contributed by atoms with Crippen LogP contribution in [0.1, 0.15) is 37.4 Å². The molecule has 1 aliphatic rings. The Morgan fingerprint density at radius 2 is 1.50 bits per heavy atom.